The molecule has 1 aliphatic carbocycles. The van der Waals surface area contributed by atoms with Crippen molar-refractivity contribution >= 4 is 17.5 Å². The van der Waals surface area contributed by atoms with Gasteiger partial charge in [-0.05, 0) is 42.2 Å². The number of anilines is 1. The first-order chi connectivity index (χ1) is 14.6. The summed E-state index contributed by atoms with van der Waals surface area (Å²) >= 11 is 0. The van der Waals surface area contributed by atoms with Crippen molar-refractivity contribution in [3.05, 3.63) is 65.7 Å². The highest BCUT2D eigenvalue weighted by Crippen LogP contribution is 2.56. The zero-order valence-electron chi connectivity index (χ0n) is 16.7. The molecule has 0 bridgehead atoms. The van der Waals surface area contributed by atoms with Crippen LogP contribution in [0, 0.1) is 34.0 Å². The average Bonchev–Trinajstić information content (AvgIpc) is 3.60. The first kappa shape index (κ1) is 18.5. The standard InChI is InChI=1S/C25H21N3O2/c1-30-19-11-8-17(9-12-19)22-23(24(29)18-6-7-18)28-20-5-3-2-4-16(20)10-13-21(28)25(22,14-26)15-27/h2-5,8-13,18,21-23H,6-7H2,1H3/t21-,22-,23-/m1/s1. The summed E-state index contributed by atoms with van der Waals surface area (Å²) in [7, 11) is 1.60. The molecule has 30 heavy (non-hydrogen) atoms. The minimum absolute atomic E-state index is 0.0163. The van der Waals surface area contributed by atoms with Gasteiger partial charge < -0.3 is 9.64 Å². The lowest BCUT2D eigenvalue weighted by Crippen LogP contribution is -2.44. The van der Waals surface area contributed by atoms with E-state index in [1.807, 2.05) is 65.6 Å². The first-order valence-electron chi connectivity index (χ1n) is 10.2. The molecule has 0 amide bonds. The van der Waals surface area contributed by atoms with Gasteiger partial charge in [0.25, 0.3) is 0 Å². The molecular formula is C25H21N3O2. The summed E-state index contributed by atoms with van der Waals surface area (Å²) in [5.41, 5.74) is 1.36. The van der Waals surface area contributed by atoms with Gasteiger partial charge >= 0.3 is 0 Å². The number of nitriles is 2. The van der Waals surface area contributed by atoms with Crippen molar-refractivity contribution in [1.82, 2.24) is 0 Å². The predicted octanol–water partition coefficient (Wildman–Crippen LogP) is 4.08. The zero-order chi connectivity index (χ0) is 20.9. The number of hydrogen-bond donors (Lipinski definition) is 0. The summed E-state index contributed by atoms with van der Waals surface area (Å²) in [6.45, 7) is 0. The van der Waals surface area contributed by atoms with Gasteiger partial charge in [-0.2, -0.15) is 10.5 Å². The molecule has 5 heteroatoms. The molecule has 3 atom stereocenters. The van der Waals surface area contributed by atoms with Gasteiger partial charge in [0.2, 0.25) is 0 Å². The second-order valence-corrected chi connectivity index (χ2v) is 8.23. The number of carbonyl (C=O) groups excluding carboxylic acids is 1. The smallest absolute Gasteiger partial charge is 0.176 e. The molecule has 0 N–H and O–H groups in total. The van der Waals surface area contributed by atoms with Gasteiger partial charge in [0.1, 0.15) is 5.75 Å². The number of rotatable bonds is 4. The normalized spacial score (nSPS) is 25.6. The molecule has 2 aromatic rings. The van der Waals surface area contributed by atoms with E-state index < -0.39 is 23.4 Å². The third-order valence-corrected chi connectivity index (χ3v) is 6.66. The summed E-state index contributed by atoms with van der Waals surface area (Å²) in [5, 5.41) is 20.6. The van der Waals surface area contributed by atoms with Crippen molar-refractivity contribution in [2.75, 3.05) is 12.0 Å². The molecule has 2 aromatic carbocycles. The Balaban J connectivity index is 1.74. The maximum atomic E-state index is 13.6. The van der Waals surface area contributed by atoms with E-state index in [1.165, 1.54) is 0 Å². The minimum Gasteiger partial charge on any atom is -0.497 e. The third-order valence-electron chi connectivity index (χ3n) is 6.66. The van der Waals surface area contributed by atoms with Crippen LogP contribution in [0.15, 0.2) is 54.6 Å². The number of benzene rings is 2. The number of carbonyl (C=O) groups is 1. The number of hydrogen-bond acceptors (Lipinski definition) is 5. The quantitative estimate of drug-likeness (QED) is 0.780. The van der Waals surface area contributed by atoms with E-state index in [0.717, 1.165) is 29.7 Å². The van der Waals surface area contributed by atoms with Crippen molar-refractivity contribution in [2.45, 2.75) is 30.8 Å². The Bertz CT molecular complexity index is 1100. The van der Waals surface area contributed by atoms with Gasteiger partial charge in [-0.25, -0.2) is 0 Å². The monoisotopic (exact) mass is 395 g/mol. The highest BCUT2D eigenvalue weighted by Gasteiger charge is 2.64. The van der Waals surface area contributed by atoms with Crippen LogP contribution in [0.5, 0.6) is 5.75 Å². The van der Waals surface area contributed by atoms with Gasteiger partial charge in [0.15, 0.2) is 11.2 Å². The summed E-state index contributed by atoms with van der Waals surface area (Å²) in [6.07, 6.45) is 5.65. The summed E-state index contributed by atoms with van der Waals surface area (Å²) < 4.78 is 5.28. The van der Waals surface area contributed by atoms with Crippen LogP contribution in [0.25, 0.3) is 6.08 Å². The molecule has 0 aromatic heterocycles. The van der Waals surface area contributed by atoms with E-state index in [9.17, 15) is 15.3 Å². The first-order valence-corrected chi connectivity index (χ1v) is 10.2. The number of para-hydroxylation sites is 1. The van der Waals surface area contributed by atoms with Gasteiger partial charge in [0.05, 0.1) is 31.3 Å². The maximum absolute atomic E-state index is 13.6. The lowest BCUT2D eigenvalue weighted by Gasteiger charge is -2.35. The number of methoxy groups -OCH3 is 1. The number of fused-ring (bicyclic) bond motifs is 3. The minimum atomic E-state index is -1.37. The lowest BCUT2D eigenvalue weighted by molar-refractivity contribution is -0.121. The average molecular weight is 395 g/mol. The van der Waals surface area contributed by atoms with Crippen molar-refractivity contribution in [3.8, 4) is 17.9 Å². The topological polar surface area (TPSA) is 77.1 Å². The van der Waals surface area contributed by atoms with Crippen LogP contribution >= 0.6 is 0 Å². The Morgan fingerprint density at radius 3 is 2.43 bits per heavy atom. The van der Waals surface area contributed by atoms with E-state index in [4.69, 9.17) is 4.74 Å². The Labute approximate surface area is 175 Å². The Morgan fingerprint density at radius 1 is 1.10 bits per heavy atom. The third kappa shape index (κ3) is 2.49. The van der Waals surface area contributed by atoms with Crippen LogP contribution in [0.1, 0.15) is 29.9 Å². The zero-order valence-corrected chi connectivity index (χ0v) is 16.7. The molecular weight excluding hydrogens is 374 g/mol. The van der Waals surface area contributed by atoms with Crippen molar-refractivity contribution < 1.29 is 9.53 Å². The van der Waals surface area contributed by atoms with E-state index in [0.29, 0.717) is 5.75 Å². The van der Waals surface area contributed by atoms with Crippen molar-refractivity contribution in [3.63, 3.8) is 0 Å². The second kappa shape index (κ2) is 6.75. The fourth-order valence-electron chi connectivity index (χ4n) is 5.05. The Hall–Kier alpha value is -3.57. The molecule has 1 saturated carbocycles. The lowest BCUT2D eigenvalue weighted by atomic mass is 9.69. The van der Waals surface area contributed by atoms with E-state index in [2.05, 4.69) is 12.1 Å². The van der Waals surface area contributed by atoms with Crippen LogP contribution in [0.3, 0.4) is 0 Å². The molecule has 5 rings (SSSR count). The number of ether oxygens (including phenoxy) is 1. The van der Waals surface area contributed by atoms with Crippen LogP contribution in [0.2, 0.25) is 0 Å². The van der Waals surface area contributed by atoms with Crippen LogP contribution < -0.4 is 9.64 Å². The molecule has 148 valence electrons. The van der Waals surface area contributed by atoms with Gasteiger partial charge in [-0.3, -0.25) is 4.79 Å². The fraction of sp³-hybridized carbons (Fsp3) is 0.320. The van der Waals surface area contributed by atoms with Gasteiger partial charge in [-0.15, -0.1) is 0 Å². The molecule has 2 fully saturated rings. The molecule has 2 aliphatic heterocycles. The highest BCUT2D eigenvalue weighted by molar-refractivity contribution is 5.95. The molecule has 0 unspecified atom stereocenters. The van der Waals surface area contributed by atoms with Crippen LogP contribution in [-0.2, 0) is 4.79 Å². The van der Waals surface area contributed by atoms with Gasteiger partial charge in [0, 0.05) is 17.5 Å². The SMILES string of the molecule is COc1ccc([C@@H]2[C@H](C(=O)C3CC3)N3c4ccccc4C=C[C@@H]3C2(C#N)C#N)cc1. The summed E-state index contributed by atoms with van der Waals surface area (Å²) in [5.74, 6) is 0.303. The Morgan fingerprint density at radius 2 is 1.80 bits per heavy atom. The van der Waals surface area contributed by atoms with Crippen molar-refractivity contribution in [2.24, 2.45) is 11.3 Å². The molecule has 2 heterocycles. The van der Waals surface area contributed by atoms with Crippen LogP contribution in [-0.4, -0.2) is 25.0 Å². The van der Waals surface area contributed by atoms with E-state index in [1.54, 1.807) is 7.11 Å². The molecule has 0 spiro atoms. The predicted molar refractivity (Wildman–Crippen MR) is 113 cm³/mol. The molecule has 1 saturated heterocycles. The fourth-order valence-corrected chi connectivity index (χ4v) is 5.05. The molecule has 5 nitrogen and oxygen atoms in total. The highest BCUT2D eigenvalue weighted by atomic mass is 16.5. The Kier molecular flexibility index (Phi) is 4.15. The number of nitrogens with zero attached hydrogens (tertiary/aromatic N) is 3. The van der Waals surface area contributed by atoms with Crippen molar-refractivity contribution in [1.29, 1.82) is 10.5 Å². The molecule has 3 aliphatic rings. The van der Waals surface area contributed by atoms with Gasteiger partial charge in [-0.1, -0.05) is 42.5 Å². The largest absolute Gasteiger partial charge is 0.497 e. The van der Waals surface area contributed by atoms with E-state index in [-0.39, 0.29) is 11.7 Å². The van der Waals surface area contributed by atoms with E-state index >= 15 is 0 Å². The second-order valence-electron chi connectivity index (χ2n) is 8.23. The number of Topliss-reactive ketones (excluding diaryl/α,β-unsaturated/α-hetero) is 1. The van der Waals surface area contributed by atoms with Crippen LogP contribution in [0.4, 0.5) is 5.69 Å². The number of ketones is 1. The summed E-state index contributed by atoms with van der Waals surface area (Å²) in [6, 6.07) is 18.9. The molecule has 0 radical (unpaired) electrons. The summed E-state index contributed by atoms with van der Waals surface area (Å²) in [4.78, 5) is 15.6. The maximum Gasteiger partial charge on any atom is 0.176 e.